The second-order valence-corrected chi connectivity index (χ2v) is 7.59. The predicted octanol–water partition coefficient (Wildman–Crippen LogP) is 3.74. The van der Waals surface area contributed by atoms with Gasteiger partial charge in [0.2, 0.25) is 11.9 Å². The minimum Gasteiger partial charge on any atom is -0.493 e. The largest absolute Gasteiger partial charge is 0.493 e. The normalized spacial score (nSPS) is 14.2. The topological polar surface area (TPSA) is 92.4 Å². The lowest BCUT2D eigenvalue weighted by Crippen LogP contribution is -2.30. The number of H-pyrrole nitrogens is 1. The van der Waals surface area contributed by atoms with Gasteiger partial charge in [0.05, 0.1) is 18.7 Å². The Balaban J connectivity index is 1.72. The Bertz CT molecular complexity index is 818. The van der Waals surface area contributed by atoms with E-state index in [1.54, 1.807) is 12.1 Å². The number of halogens is 1. The van der Waals surface area contributed by atoms with Gasteiger partial charge in [-0.15, -0.1) is 5.10 Å². The summed E-state index contributed by atoms with van der Waals surface area (Å²) in [6.45, 7) is 6.43. The number of nitrogens with zero attached hydrogens (tertiary/aromatic N) is 3. The number of rotatable bonds is 7. The van der Waals surface area contributed by atoms with Crippen LogP contribution in [0.4, 0.5) is 11.9 Å². The minimum absolute atomic E-state index is 0.292. The van der Waals surface area contributed by atoms with Crippen LogP contribution in [0, 0.1) is 5.92 Å². The highest BCUT2D eigenvalue weighted by atomic mass is 35.5. The average Bonchev–Trinajstić information content (AvgIpc) is 3.15. The van der Waals surface area contributed by atoms with Crippen LogP contribution >= 0.6 is 11.6 Å². The van der Waals surface area contributed by atoms with Crippen molar-refractivity contribution < 1.29 is 14.3 Å². The molecule has 1 aliphatic heterocycles. The molecule has 0 spiro atoms. The molecule has 2 heterocycles. The number of benzene rings is 1. The highest BCUT2D eigenvalue weighted by molar-refractivity contribution is 6.32. The molecular weight excluding hydrogens is 382 g/mol. The minimum atomic E-state index is -0.364. The molecule has 1 aliphatic rings. The molecule has 0 unspecified atom stereocenters. The van der Waals surface area contributed by atoms with Crippen LogP contribution in [0.2, 0.25) is 5.02 Å². The van der Waals surface area contributed by atoms with Crippen LogP contribution in [-0.4, -0.2) is 47.9 Å². The smallest absolute Gasteiger partial charge is 0.258 e. The van der Waals surface area contributed by atoms with Crippen molar-refractivity contribution in [3.05, 3.63) is 22.7 Å². The van der Waals surface area contributed by atoms with Crippen molar-refractivity contribution >= 4 is 29.4 Å². The number of aromatic amines is 1. The summed E-state index contributed by atoms with van der Waals surface area (Å²) in [6.07, 6.45) is 3.48. The maximum Gasteiger partial charge on any atom is 0.258 e. The number of piperidine rings is 1. The molecule has 1 aromatic heterocycles. The molecule has 0 bridgehead atoms. The fraction of sp³-hybridized carbons (Fsp3) is 0.526. The number of methoxy groups -OCH3 is 1. The van der Waals surface area contributed by atoms with Gasteiger partial charge >= 0.3 is 0 Å². The molecule has 9 heteroatoms. The molecule has 1 aromatic carbocycles. The molecule has 0 radical (unpaired) electrons. The summed E-state index contributed by atoms with van der Waals surface area (Å²) in [5, 5.41) is 10.00. The van der Waals surface area contributed by atoms with Gasteiger partial charge < -0.3 is 14.4 Å². The van der Waals surface area contributed by atoms with Crippen LogP contribution in [0.5, 0.6) is 11.5 Å². The zero-order valence-electron chi connectivity index (χ0n) is 16.4. The summed E-state index contributed by atoms with van der Waals surface area (Å²) in [5.41, 5.74) is 0.342. The van der Waals surface area contributed by atoms with Crippen molar-refractivity contribution in [2.75, 3.05) is 37.0 Å². The second-order valence-electron chi connectivity index (χ2n) is 7.18. The lowest BCUT2D eigenvalue weighted by molar-refractivity contribution is 0.102. The Morgan fingerprint density at radius 2 is 2.07 bits per heavy atom. The van der Waals surface area contributed by atoms with E-state index in [2.05, 4.69) is 25.4 Å². The summed E-state index contributed by atoms with van der Waals surface area (Å²) in [6, 6.07) is 3.15. The van der Waals surface area contributed by atoms with E-state index >= 15 is 0 Å². The molecule has 1 amide bonds. The number of carbonyl (C=O) groups is 1. The van der Waals surface area contributed by atoms with E-state index in [0.717, 1.165) is 25.9 Å². The van der Waals surface area contributed by atoms with Gasteiger partial charge in [0, 0.05) is 18.7 Å². The molecule has 1 fully saturated rings. The molecular formula is C19H26ClN5O3. The third-order valence-corrected chi connectivity index (χ3v) is 4.68. The number of anilines is 2. The second kappa shape index (κ2) is 9.14. The number of hydrogen-bond acceptors (Lipinski definition) is 6. The molecule has 3 rings (SSSR count). The van der Waals surface area contributed by atoms with E-state index in [9.17, 15) is 4.79 Å². The highest BCUT2D eigenvalue weighted by Crippen LogP contribution is 2.36. The molecule has 8 nitrogen and oxygen atoms in total. The predicted molar refractivity (Wildman–Crippen MR) is 109 cm³/mol. The average molecular weight is 408 g/mol. The van der Waals surface area contributed by atoms with E-state index in [0.29, 0.717) is 46.5 Å². The molecule has 0 aliphatic carbocycles. The maximum atomic E-state index is 12.6. The Morgan fingerprint density at radius 1 is 1.32 bits per heavy atom. The Hall–Kier alpha value is -2.48. The lowest BCUT2D eigenvalue weighted by Gasteiger charge is -2.24. The summed E-state index contributed by atoms with van der Waals surface area (Å²) in [7, 11) is 1.51. The van der Waals surface area contributed by atoms with E-state index in [4.69, 9.17) is 21.1 Å². The first-order chi connectivity index (χ1) is 13.5. The summed E-state index contributed by atoms with van der Waals surface area (Å²) < 4.78 is 11.1. The zero-order chi connectivity index (χ0) is 20.1. The summed E-state index contributed by atoms with van der Waals surface area (Å²) in [4.78, 5) is 19.1. The molecule has 0 saturated carbocycles. The first kappa shape index (κ1) is 20.3. The van der Waals surface area contributed by atoms with Crippen molar-refractivity contribution in [2.24, 2.45) is 5.92 Å². The number of aromatic nitrogens is 3. The molecule has 1 saturated heterocycles. The Morgan fingerprint density at radius 3 is 2.75 bits per heavy atom. The Kier molecular flexibility index (Phi) is 6.61. The monoisotopic (exact) mass is 407 g/mol. The molecule has 152 valence electrons. The first-order valence-electron chi connectivity index (χ1n) is 9.47. The van der Waals surface area contributed by atoms with Gasteiger partial charge in [-0.2, -0.15) is 4.98 Å². The van der Waals surface area contributed by atoms with Gasteiger partial charge in [-0.1, -0.05) is 25.4 Å². The number of nitrogens with one attached hydrogen (secondary N) is 2. The number of carbonyl (C=O) groups excluding carboxylic acids is 1. The van der Waals surface area contributed by atoms with Crippen LogP contribution < -0.4 is 19.7 Å². The van der Waals surface area contributed by atoms with E-state index in [-0.39, 0.29) is 5.91 Å². The highest BCUT2D eigenvalue weighted by Gasteiger charge is 2.19. The van der Waals surface area contributed by atoms with Gasteiger partial charge in [0.15, 0.2) is 11.5 Å². The van der Waals surface area contributed by atoms with Gasteiger partial charge in [-0.25, -0.2) is 5.10 Å². The van der Waals surface area contributed by atoms with E-state index < -0.39 is 0 Å². The van der Waals surface area contributed by atoms with E-state index in [1.807, 2.05) is 13.8 Å². The fourth-order valence-corrected chi connectivity index (χ4v) is 3.23. The quantitative estimate of drug-likeness (QED) is 0.726. The number of amides is 1. The van der Waals surface area contributed by atoms with Crippen LogP contribution in [-0.2, 0) is 0 Å². The summed E-state index contributed by atoms with van der Waals surface area (Å²) in [5.74, 6) is 1.71. The fourth-order valence-electron chi connectivity index (χ4n) is 2.96. The number of ether oxygens (including phenoxy) is 2. The van der Waals surface area contributed by atoms with E-state index in [1.165, 1.54) is 13.5 Å². The molecule has 28 heavy (non-hydrogen) atoms. The van der Waals surface area contributed by atoms with Crippen LogP contribution in [0.1, 0.15) is 43.5 Å². The third-order valence-electron chi connectivity index (χ3n) is 4.40. The number of hydrogen-bond donors (Lipinski definition) is 2. The van der Waals surface area contributed by atoms with Gasteiger partial charge in [-0.05, 0) is 37.3 Å². The van der Waals surface area contributed by atoms with Gasteiger partial charge in [0.1, 0.15) is 0 Å². The van der Waals surface area contributed by atoms with Crippen molar-refractivity contribution in [2.45, 2.75) is 33.1 Å². The molecule has 2 aromatic rings. The SMILES string of the molecule is COc1cc(C(=O)Nc2nc(N3CCCCC3)n[nH]2)cc(Cl)c1OCC(C)C. The Labute approximate surface area is 169 Å². The van der Waals surface area contributed by atoms with Crippen molar-refractivity contribution in [3.63, 3.8) is 0 Å². The van der Waals surface area contributed by atoms with Crippen LogP contribution in [0.25, 0.3) is 0 Å². The lowest BCUT2D eigenvalue weighted by atomic mass is 10.1. The van der Waals surface area contributed by atoms with Crippen LogP contribution in [0.3, 0.4) is 0 Å². The van der Waals surface area contributed by atoms with Crippen molar-refractivity contribution in [1.82, 2.24) is 15.2 Å². The standard InChI is InChI=1S/C19H26ClN5O3/c1-12(2)11-28-16-14(20)9-13(10-15(16)27-3)17(26)21-18-22-19(24-23-18)25-7-5-4-6-8-25/h9-10,12H,4-8,11H2,1-3H3,(H2,21,22,23,24,26). The van der Waals surface area contributed by atoms with Crippen molar-refractivity contribution in [1.29, 1.82) is 0 Å². The maximum absolute atomic E-state index is 12.6. The van der Waals surface area contributed by atoms with Crippen LogP contribution in [0.15, 0.2) is 12.1 Å². The third kappa shape index (κ3) is 4.86. The zero-order valence-corrected chi connectivity index (χ0v) is 17.2. The van der Waals surface area contributed by atoms with Gasteiger partial charge in [-0.3, -0.25) is 10.1 Å². The van der Waals surface area contributed by atoms with Crippen molar-refractivity contribution in [3.8, 4) is 11.5 Å². The molecule has 2 N–H and O–H groups in total. The first-order valence-corrected chi connectivity index (χ1v) is 9.84. The summed E-state index contributed by atoms with van der Waals surface area (Å²) >= 11 is 6.32. The molecule has 0 atom stereocenters. The van der Waals surface area contributed by atoms with Gasteiger partial charge in [0.25, 0.3) is 5.91 Å².